The Morgan fingerprint density at radius 3 is 2.50 bits per heavy atom. The van der Waals surface area contributed by atoms with Crippen LogP contribution in [-0.2, 0) is 14.8 Å². The molecule has 6 nitrogen and oxygen atoms in total. The van der Waals surface area contributed by atoms with Gasteiger partial charge in [0.1, 0.15) is 5.82 Å². The van der Waals surface area contributed by atoms with E-state index in [9.17, 15) is 17.6 Å². The van der Waals surface area contributed by atoms with Gasteiger partial charge in [0.05, 0.1) is 17.1 Å². The molecule has 128 valence electrons. The summed E-state index contributed by atoms with van der Waals surface area (Å²) in [5, 5.41) is 5.26. The number of anilines is 2. The number of para-hydroxylation sites is 1. The first-order valence-corrected chi connectivity index (χ1v) is 8.55. The molecule has 0 unspecified atom stereocenters. The number of nitrogens with zero attached hydrogens (tertiary/aromatic N) is 1. The number of halogens is 1. The molecule has 2 N–H and O–H groups in total. The van der Waals surface area contributed by atoms with Gasteiger partial charge in [0.25, 0.3) is 0 Å². The number of sulfonamides is 1. The molecule has 0 heterocycles. The van der Waals surface area contributed by atoms with E-state index in [1.807, 2.05) is 0 Å². The highest BCUT2D eigenvalue weighted by Crippen LogP contribution is 2.18. The van der Waals surface area contributed by atoms with Gasteiger partial charge in [0, 0.05) is 19.8 Å². The predicted molar refractivity (Wildman–Crippen MR) is 90.8 cm³/mol. The van der Waals surface area contributed by atoms with Crippen molar-refractivity contribution < 1.29 is 17.6 Å². The SMILES string of the molecule is CN(C)S(=O)(=O)c1cccc(NC(=O)CNc2ccccc2F)c1. The van der Waals surface area contributed by atoms with Gasteiger partial charge in [0.2, 0.25) is 15.9 Å². The summed E-state index contributed by atoms with van der Waals surface area (Å²) < 4.78 is 38.7. The third-order valence-electron chi connectivity index (χ3n) is 3.21. The van der Waals surface area contributed by atoms with Gasteiger partial charge in [-0.1, -0.05) is 18.2 Å². The van der Waals surface area contributed by atoms with Gasteiger partial charge in [0.15, 0.2) is 0 Å². The van der Waals surface area contributed by atoms with E-state index in [-0.39, 0.29) is 17.1 Å². The molecule has 0 atom stereocenters. The van der Waals surface area contributed by atoms with E-state index < -0.39 is 21.7 Å². The topological polar surface area (TPSA) is 78.5 Å². The second kappa shape index (κ2) is 7.41. The molecular weight excluding hydrogens is 333 g/mol. The highest BCUT2D eigenvalue weighted by atomic mass is 32.2. The van der Waals surface area contributed by atoms with Crippen molar-refractivity contribution in [2.24, 2.45) is 0 Å². The second-order valence-electron chi connectivity index (χ2n) is 5.20. The Kier molecular flexibility index (Phi) is 5.53. The highest BCUT2D eigenvalue weighted by molar-refractivity contribution is 7.89. The summed E-state index contributed by atoms with van der Waals surface area (Å²) in [6.07, 6.45) is 0. The summed E-state index contributed by atoms with van der Waals surface area (Å²) in [6, 6.07) is 11.9. The van der Waals surface area contributed by atoms with Crippen LogP contribution in [0.2, 0.25) is 0 Å². The Morgan fingerprint density at radius 2 is 1.83 bits per heavy atom. The summed E-state index contributed by atoms with van der Waals surface area (Å²) in [7, 11) is -0.720. The molecule has 0 aromatic heterocycles. The van der Waals surface area contributed by atoms with Crippen molar-refractivity contribution in [3.05, 3.63) is 54.3 Å². The number of carbonyl (C=O) groups is 1. The zero-order valence-corrected chi connectivity index (χ0v) is 14.1. The van der Waals surface area contributed by atoms with Crippen LogP contribution < -0.4 is 10.6 Å². The van der Waals surface area contributed by atoms with E-state index in [1.165, 1.54) is 44.4 Å². The minimum absolute atomic E-state index is 0.0763. The number of rotatable bonds is 6. The Hall–Kier alpha value is -2.45. The normalized spacial score (nSPS) is 11.3. The van der Waals surface area contributed by atoms with Crippen molar-refractivity contribution in [3.63, 3.8) is 0 Å². The first-order valence-electron chi connectivity index (χ1n) is 7.11. The van der Waals surface area contributed by atoms with Crippen molar-refractivity contribution in [3.8, 4) is 0 Å². The second-order valence-corrected chi connectivity index (χ2v) is 7.35. The summed E-state index contributed by atoms with van der Waals surface area (Å²) in [5.41, 5.74) is 0.565. The van der Waals surface area contributed by atoms with Gasteiger partial charge in [-0.25, -0.2) is 17.1 Å². The van der Waals surface area contributed by atoms with Crippen LogP contribution in [0.5, 0.6) is 0 Å². The van der Waals surface area contributed by atoms with Crippen LogP contribution in [0.3, 0.4) is 0 Å². The van der Waals surface area contributed by atoms with E-state index in [2.05, 4.69) is 10.6 Å². The summed E-state index contributed by atoms with van der Waals surface area (Å²) >= 11 is 0. The predicted octanol–water partition coefficient (Wildman–Crippen LogP) is 2.13. The van der Waals surface area contributed by atoms with Gasteiger partial charge in [-0.2, -0.15) is 0 Å². The zero-order chi connectivity index (χ0) is 17.7. The van der Waals surface area contributed by atoms with Crippen LogP contribution in [0.1, 0.15) is 0 Å². The smallest absolute Gasteiger partial charge is 0.243 e. The molecule has 0 radical (unpaired) electrons. The number of amides is 1. The van der Waals surface area contributed by atoms with Crippen LogP contribution in [0.15, 0.2) is 53.4 Å². The lowest BCUT2D eigenvalue weighted by atomic mass is 10.3. The van der Waals surface area contributed by atoms with Crippen molar-refractivity contribution in [1.82, 2.24) is 4.31 Å². The van der Waals surface area contributed by atoms with Crippen molar-refractivity contribution >= 4 is 27.3 Å². The lowest BCUT2D eigenvalue weighted by Crippen LogP contribution is -2.24. The van der Waals surface area contributed by atoms with E-state index in [4.69, 9.17) is 0 Å². The standard InChI is InChI=1S/C16H18FN3O3S/c1-20(2)24(22,23)13-7-5-6-12(10-13)19-16(21)11-18-15-9-4-3-8-14(15)17/h3-10,18H,11H2,1-2H3,(H,19,21). The van der Waals surface area contributed by atoms with Crippen LogP contribution in [0.4, 0.5) is 15.8 Å². The molecule has 1 amide bonds. The molecule has 2 rings (SSSR count). The average Bonchev–Trinajstić information content (AvgIpc) is 2.54. The van der Waals surface area contributed by atoms with Gasteiger partial charge >= 0.3 is 0 Å². The lowest BCUT2D eigenvalue weighted by molar-refractivity contribution is -0.114. The molecule has 0 aliphatic heterocycles. The molecule has 2 aromatic rings. The number of hydrogen-bond acceptors (Lipinski definition) is 4. The monoisotopic (exact) mass is 351 g/mol. The van der Waals surface area contributed by atoms with Gasteiger partial charge in [-0.3, -0.25) is 4.79 Å². The lowest BCUT2D eigenvalue weighted by Gasteiger charge is -2.13. The average molecular weight is 351 g/mol. The molecule has 8 heteroatoms. The van der Waals surface area contributed by atoms with Crippen LogP contribution in [0.25, 0.3) is 0 Å². The molecule has 0 saturated carbocycles. The summed E-state index contributed by atoms with van der Waals surface area (Å²) in [4.78, 5) is 12.0. The number of hydrogen-bond donors (Lipinski definition) is 2. The highest BCUT2D eigenvalue weighted by Gasteiger charge is 2.17. The van der Waals surface area contributed by atoms with Gasteiger partial charge < -0.3 is 10.6 Å². The van der Waals surface area contributed by atoms with Crippen LogP contribution >= 0.6 is 0 Å². The maximum absolute atomic E-state index is 13.5. The molecule has 2 aromatic carbocycles. The van der Waals surface area contributed by atoms with E-state index in [1.54, 1.807) is 18.2 Å². The zero-order valence-electron chi connectivity index (χ0n) is 13.3. The first kappa shape index (κ1) is 17.9. The minimum atomic E-state index is -3.58. The first-order chi connectivity index (χ1) is 11.3. The minimum Gasteiger partial charge on any atom is -0.374 e. The third kappa shape index (κ3) is 4.30. The summed E-state index contributed by atoms with van der Waals surface area (Å²) in [5.74, 6) is -0.873. The van der Waals surface area contributed by atoms with Crippen LogP contribution in [-0.4, -0.2) is 39.3 Å². The number of nitrogens with one attached hydrogen (secondary N) is 2. The van der Waals surface area contributed by atoms with E-state index in [0.29, 0.717) is 5.69 Å². The molecular formula is C16H18FN3O3S. The fourth-order valence-corrected chi connectivity index (χ4v) is 2.88. The molecule has 0 spiro atoms. The Labute approximate surface area is 140 Å². The largest absolute Gasteiger partial charge is 0.374 e. The third-order valence-corrected chi connectivity index (χ3v) is 5.02. The van der Waals surface area contributed by atoms with Gasteiger partial charge in [-0.15, -0.1) is 0 Å². The molecule has 0 bridgehead atoms. The molecule has 0 fully saturated rings. The molecule has 0 aliphatic rings. The number of carbonyl (C=O) groups excluding carboxylic acids is 1. The fourth-order valence-electron chi connectivity index (χ4n) is 1.93. The quantitative estimate of drug-likeness (QED) is 0.836. The van der Waals surface area contributed by atoms with E-state index in [0.717, 1.165) is 4.31 Å². The Bertz CT molecular complexity index is 838. The van der Waals surface area contributed by atoms with Crippen LogP contribution in [0, 0.1) is 5.82 Å². The van der Waals surface area contributed by atoms with Crippen molar-refractivity contribution in [1.29, 1.82) is 0 Å². The van der Waals surface area contributed by atoms with Crippen molar-refractivity contribution in [2.45, 2.75) is 4.90 Å². The van der Waals surface area contributed by atoms with Gasteiger partial charge in [-0.05, 0) is 30.3 Å². The maximum Gasteiger partial charge on any atom is 0.243 e. The van der Waals surface area contributed by atoms with Crippen molar-refractivity contribution in [2.75, 3.05) is 31.3 Å². The number of benzene rings is 2. The molecule has 24 heavy (non-hydrogen) atoms. The Balaban J connectivity index is 2.04. The molecule has 0 saturated heterocycles. The molecule has 0 aliphatic carbocycles. The fraction of sp³-hybridized carbons (Fsp3) is 0.188. The van der Waals surface area contributed by atoms with E-state index >= 15 is 0 Å². The summed E-state index contributed by atoms with van der Waals surface area (Å²) in [6.45, 7) is -0.147. The maximum atomic E-state index is 13.5. The Morgan fingerprint density at radius 1 is 1.12 bits per heavy atom.